The second-order valence-electron chi connectivity index (χ2n) is 6.11. The average Bonchev–Trinajstić information content (AvgIpc) is 2.62. The number of hydrogen-bond acceptors (Lipinski definition) is 5. The van der Waals surface area contributed by atoms with Gasteiger partial charge in [0.15, 0.2) is 6.29 Å². The van der Waals surface area contributed by atoms with E-state index < -0.39 is 0 Å². The summed E-state index contributed by atoms with van der Waals surface area (Å²) in [7, 11) is 0. The van der Waals surface area contributed by atoms with Crippen molar-refractivity contribution in [2.45, 2.75) is 13.0 Å². The third kappa shape index (κ3) is 3.68. The van der Waals surface area contributed by atoms with Crippen LogP contribution in [0.1, 0.15) is 21.5 Å². The molecule has 0 saturated carbocycles. The van der Waals surface area contributed by atoms with Gasteiger partial charge in [-0.2, -0.15) is 0 Å². The van der Waals surface area contributed by atoms with Gasteiger partial charge < -0.3 is 20.1 Å². The molecule has 7 nitrogen and oxygen atoms in total. The van der Waals surface area contributed by atoms with Gasteiger partial charge in [0, 0.05) is 39.3 Å². The van der Waals surface area contributed by atoms with Crippen LogP contribution in [0.2, 0.25) is 0 Å². The molecular weight excluding hydrogens is 310 g/mol. The van der Waals surface area contributed by atoms with E-state index in [1.165, 1.54) is 6.07 Å². The SMILES string of the molecule is O=Cc1c(O)ccc2c1CCN(C(=O)NCCN1CCOCC1)C2. The number of amides is 2. The number of carbonyl (C=O) groups excluding carboxylic acids is 2. The van der Waals surface area contributed by atoms with Crippen molar-refractivity contribution in [3.05, 3.63) is 28.8 Å². The van der Waals surface area contributed by atoms with E-state index in [2.05, 4.69) is 10.2 Å². The molecule has 0 radical (unpaired) electrons. The average molecular weight is 333 g/mol. The standard InChI is InChI=1S/C17H23N3O4/c21-12-15-14-3-5-20(11-13(14)1-2-16(15)22)17(23)18-4-6-19-7-9-24-10-8-19/h1-2,12,22H,3-11H2,(H,18,23). The molecule has 2 aliphatic rings. The minimum absolute atomic E-state index is 0.00663. The molecule has 24 heavy (non-hydrogen) atoms. The van der Waals surface area contributed by atoms with Gasteiger partial charge in [-0.25, -0.2) is 4.79 Å². The number of urea groups is 1. The lowest BCUT2D eigenvalue weighted by Gasteiger charge is -2.31. The molecule has 0 aliphatic carbocycles. The largest absolute Gasteiger partial charge is 0.507 e. The minimum atomic E-state index is -0.0883. The normalized spacial score (nSPS) is 18.1. The molecule has 0 aromatic heterocycles. The smallest absolute Gasteiger partial charge is 0.317 e. The number of morpholine rings is 1. The third-order valence-corrected chi connectivity index (χ3v) is 4.64. The highest BCUT2D eigenvalue weighted by Crippen LogP contribution is 2.27. The highest BCUT2D eigenvalue weighted by molar-refractivity contribution is 5.83. The fraction of sp³-hybridized carbons (Fsp3) is 0.529. The van der Waals surface area contributed by atoms with E-state index in [0.717, 1.165) is 44.0 Å². The summed E-state index contributed by atoms with van der Waals surface area (Å²) in [6.45, 7) is 5.75. The number of aldehydes is 1. The molecule has 0 unspecified atom stereocenters. The zero-order chi connectivity index (χ0) is 16.9. The van der Waals surface area contributed by atoms with Gasteiger partial charge in [0.1, 0.15) is 5.75 Å². The second kappa shape index (κ2) is 7.63. The van der Waals surface area contributed by atoms with Gasteiger partial charge in [-0.3, -0.25) is 9.69 Å². The van der Waals surface area contributed by atoms with Crippen LogP contribution >= 0.6 is 0 Å². The number of phenolic OH excluding ortho intramolecular Hbond substituents is 1. The van der Waals surface area contributed by atoms with E-state index in [-0.39, 0.29) is 11.8 Å². The summed E-state index contributed by atoms with van der Waals surface area (Å²) in [5.74, 6) is 0.00663. The first-order valence-electron chi connectivity index (χ1n) is 8.31. The van der Waals surface area contributed by atoms with Crippen LogP contribution in [0.25, 0.3) is 0 Å². The van der Waals surface area contributed by atoms with Crippen LogP contribution in [0.15, 0.2) is 12.1 Å². The Morgan fingerprint density at radius 1 is 1.29 bits per heavy atom. The summed E-state index contributed by atoms with van der Waals surface area (Å²) in [5.41, 5.74) is 2.12. The van der Waals surface area contributed by atoms with Crippen molar-refractivity contribution >= 4 is 12.3 Å². The number of carbonyl (C=O) groups is 2. The topological polar surface area (TPSA) is 82.1 Å². The summed E-state index contributed by atoms with van der Waals surface area (Å²) in [5, 5.41) is 12.7. The first kappa shape index (κ1) is 16.7. The van der Waals surface area contributed by atoms with E-state index in [9.17, 15) is 14.7 Å². The van der Waals surface area contributed by atoms with Crippen molar-refractivity contribution in [3.63, 3.8) is 0 Å². The lowest BCUT2D eigenvalue weighted by Crippen LogP contribution is -2.46. The number of benzene rings is 1. The number of aromatic hydroxyl groups is 1. The van der Waals surface area contributed by atoms with Gasteiger partial charge in [0.2, 0.25) is 0 Å². The molecule has 7 heteroatoms. The molecule has 0 spiro atoms. The molecule has 2 amide bonds. The molecule has 2 aliphatic heterocycles. The minimum Gasteiger partial charge on any atom is -0.507 e. The number of fused-ring (bicyclic) bond motifs is 1. The molecule has 2 heterocycles. The summed E-state index contributed by atoms with van der Waals surface area (Å²) < 4.78 is 5.30. The molecule has 1 aromatic rings. The van der Waals surface area contributed by atoms with Crippen LogP contribution in [0, 0.1) is 0 Å². The van der Waals surface area contributed by atoms with Crippen LogP contribution in [-0.2, 0) is 17.7 Å². The zero-order valence-electron chi connectivity index (χ0n) is 13.7. The van der Waals surface area contributed by atoms with Crippen molar-refractivity contribution in [2.75, 3.05) is 45.9 Å². The summed E-state index contributed by atoms with van der Waals surface area (Å²) >= 11 is 0. The lowest BCUT2D eigenvalue weighted by atomic mass is 9.94. The highest BCUT2D eigenvalue weighted by Gasteiger charge is 2.23. The van der Waals surface area contributed by atoms with Crippen LogP contribution in [0.4, 0.5) is 4.79 Å². The first-order chi connectivity index (χ1) is 11.7. The van der Waals surface area contributed by atoms with Gasteiger partial charge in [-0.1, -0.05) is 6.07 Å². The van der Waals surface area contributed by atoms with Crippen LogP contribution in [-0.4, -0.2) is 73.2 Å². The maximum Gasteiger partial charge on any atom is 0.317 e. The Hall–Kier alpha value is -2.12. The number of ether oxygens (including phenoxy) is 1. The molecule has 1 saturated heterocycles. The fourth-order valence-electron chi connectivity index (χ4n) is 3.23. The number of nitrogens with zero attached hydrogens (tertiary/aromatic N) is 2. The van der Waals surface area contributed by atoms with Crippen molar-refractivity contribution < 1.29 is 19.4 Å². The quantitative estimate of drug-likeness (QED) is 0.789. The van der Waals surface area contributed by atoms with Crippen LogP contribution < -0.4 is 5.32 Å². The van der Waals surface area contributed by atoms with Crippen molar-refractivity contribution in [2.24, 2.45) is 0 Å². The van der Waals surface area contributed by atoms with Gasteiger partial charge in [0.25, 0.3) is 0 Å². The molecule has 0 bridgehead atoms. The highest BCUT2D eigenvalue weighted by atomic mass is 16.5. The maximum absolute atomic E-state index is 12.3. The predicted molar refractivity (Wildman–Crippen MR) is 88.3 cm³/mol. The Labute approximate surface area is 141 Å². The first-order valence-corrected chi connectivity index (χ1v) is 8.31. The Morgan fingerprint density at radius 2 is 2.08 bits per heavy atom. The number of phenols is 1. The Kier molecular flexibility index (Phi) is 5.32. The number of hydrogen-bond donors (Lipinski definition) is 2. The molecule has 3 rings (SSSR count). The molecule has 130 valence electrons. The second-order valence-corrected chi connectivity index (χ2v) is 6.11. The summed E-state index contributed by atoms with van der Waals surface area (Å²) in [6.07, 6.45) is 1.26. The van der Waals surface area contributed by atoms with Crippen molar-refractivity contribution in [1.82, 2.24) is 15.1 Å². The molecule has 1 fully saturated rings. The van der Waals surface area contributed by atoms with E-state index in [0.29, 0.717) is 37.9 Å². The molecular formula is C17H23N3O4. The summed E-state index contributed by atoms with van der Waals surface area (Å²) in [4.78, 5) is 27.5. The maximum atomic E-state index is 12.3. The van der Waals surface area contributed by atoms with Gasteiger partial charge >= 0.3 is 6.03 Å². The monoisotopic (exact) mass is 333 g/mol. The predicted octanol–water partition coefficient (Wildman–Crippen LogP) is 0.605. The van der Waals surface area contributed by atoms with E-state index in [1.807, 2.05) is 0 Å². The third-order valence-electron chi connectivity index (χ3n) is 4.64. The van der Waals surface area contributed by atoms with Crippen molar-refractivity contribution in [1.29, 1.82) is 0 Å². The van der Waals surface area contributed by atoms with Gasteiger partial charge in [0.05, 0.1) is 18.8 Å². The van der Waals surface area contributed by atoms with Gasteiger partial charge in [-0.05, 0) is 23.6 Å². The van der Waals surface area contributed by atoms with Crippen LogP contribution in [0.3, 0.4) is 0 Å². The van der Waals surface area contributed by atoms with E-state index >= 15 is 0 Å². The fourth-order valence-corrected chi connectivity index (χ4v) is 3.23. The Balaban J connectivity index is 1.53. The van der Waals surface area contributed by atoms with Crippen molar-refractivity contribution in [3.8, 4) is 5.75 Å². The lowest BCUT2D eigenvalue weighted by molar-refractivity contribution is 0.0385. The summed E-state index contributed by atoms with van der Waals surface area (Å²) in [6, 6.07) is 3.21. The van der Waals surface area contributed by atoms with E-state index in [1.54, 1.807) is 11.0 Å². The molecule has 1 aromatic carbocycles. The van der Waals surface area contributed by atoms with Gasteiger partial charge in [-0.15, -0.1) is 0 Å². The van der Waals surface area contributed by atoms with E-state index in [4.69, 9.17) is 4.74 Å². The Morgan fingerprint density at radius 3 is 2.83 bits per heavy atom. The number of nitrogens with one attached hydrogen (secondary N) is 1. The molecule has 2 N–H and O–H groups in total. The molecule has 0 atom stereocenters. The Bertz CT molecular complexity index is 614. The number of rotatable bonds is 4. The van der Waals surface area contributed by atoms with Crippen LogP contribution in [0.5, 0.6) is 5.75 Å². The zero-order valence-corrected chi connectivity index (χ0v) is 13.7.